The van der Waals surface area contributed by atoms with Gasteiger partial charge in [0.2, 0.25) is 0 Å². The molecule has 0 saturated heterocycles. The summed E-state index contributed by atoms with van der Waals surface area (Å²) in [5.41, 5.74) is 0.915. The number of ether oxygens (including phenoxy) is 1. The van der Waals surface area contributed by atoms with Gasteiger partial charge in [-0.15, -0.1) is 0 Å². The first kappa shape index (κ1) is 12.1. The number of rotatable bonds is 3. The number of carboxylic acid groups (broad SMARTS) is 1. The van der Waals surface area contributed by atoms with Crippen molar-refractivity contribution in [2.75, 3.05) is 0 Å². The Morgan fingerprint density at radius 3 is 2.44 bits per heavy atom. The van der Waals surface area contributed by atoms with Crippen LogP contribution >= 0.6 is 0 Å². The summed E-state index contributed by atoms with van der Waals surface area (Å²) in [6, 6.07) is 10.3. The minimum atomic E-state index is -1.06. The monoisotopic (exact) mass is 246 g/mol. The lowest BCUT2D eigenvalue weighted by atomic mass is 10.1. The molecule has 0 unspecified atom stereocenters. The average Bonchev–Trinajstić information content (AvgIpc) is 2.34. The summed E-state index contributed by atoms with van der Waals surface area (Å²) in [4.78, 5) is 11.1. The Hall–Kier alpha value is -2.36. The first-order valence-electron chi connectivity index (χ1n) is 5.33. The smallest absolute Gasteiger partial charge is 0.339 e. The van der Waals surface area contributed by atoms with Crippen LogP contribution in [0.3, 0.4) is 0 Å². The molecule has 0 radical (unpaired) electrons. The lowest BCUT2D eigenvalue weighted by Gasteiger charge is -2.09. The summed E-state index contributed by atoms with van der Waals surface area (Å²) < 4.78 is 18.2. The van der Waals surface area contributed by atoms with Crippen LogP contribution in [-0.2, 0) is 0 Å². The molecule has 0 aliphatic rings. The van der Waals surface area contributed by atoms with Crippen molar-refractivity contribution in [2.45, 2.75) is 6.92 Å². The molecule has 0 atom stereocenters. The molecular weight excluding hydrogens is 235 g/mol. The Labute approximate surface area is 103 Å². The maximum atomic E-state index is 12.7. The van der Waals surface area contributed by atoms with E-state index in [4.69, 9.17) is 9.84 Å². The summed E-state index contributed by atoms with van der Waals surface area (Å²) in [7, 11) is 0. The second kappa shape index (κ2) is 4.87. The third-order valence-corrected chi connectivity index (χ3v) is 2.41. The van der Waals surface area contributed by atoms with Crippen LogP contribution in [0.5, 0.6) is 11.5 Å². The number of hydrogen-bond acceptors (Lipinski definition) is 2. The van der Waals surface area contributed by atoms with Gasteiger partial charge in [0, 0.05) is 0 Å². The zero-order valence-electron chi connectivity index (χ0n) is 9.68. The van der Waals surface area contributed by atoms with Crippen LogP contribution < -0.4 is 4.74 Å². The largest absolute Gasteiger partial charge is 0.478 e. The van der Waals surface area contributed by atoms with Gasteiger partial charge in [0.25, 0.3) is 0 Å². The quantitative estimate of drug-likeness (QED) is 0.899. The van der Waals surface area contributed by atoms with E-state index in [9.17, 15) is 9.18 Å². The van der Waals surface area contributed by atoms with E-state index in [-0.39, 0.29) is 17.1 Å². The third kappa shape index (κ3) is 2.66. The van der Waals surface area contributed by atoms with Crippen molar-refractivity contribution in [1.29, 1.82) is 0 Å². The van der Waals surface area contributed by atoms with Crippen LogP contribution in [0.4, 0.5) is 4.39 Å². The molecule has 1 N–H and O–H groups in total. The second-order valence-electron chi connectivity index (χ2n) is 3.86. The van der Waals surface area contributed by atoms with Crippen molar-refractivity contribution in [3.05, 3.63) is 59.4 Å². The SMILES string of the molecule is Cc1ccc(Oc2ccc(F)cc2)c(C(=O)O)c1. The maximum absolute atomic E-state index is 12.7. The fourth-order valence-electron chi connectivity index (χ4n) is 1.53. The molecule has 0 bridgehead atoms. The summed E-state index contributed by atoms with van der Waals surface area (Å²) in [5, 5.41) is 9.07. The van der Waals surface area contributed by atoms with E-state index >= 15 is 0 Å². The summed E-state index contributed by atoms with van der Waals surface area (Å²) in [6.45, 7) is 1.80. The zero-order chi connectivity index (χ0) is 13.1. The molecule has 0 aromatic heterocycles. The van der Waals surface area contributed by atoms with Crippen LogP contribution in [-0.4, -0.2) is 11.1 Å². The summed E-state index contributed by atoms with van der Waals surface area (Å²) in [6.07, 6.45) is 0. The van der Waals surface area contributed by atoms with Gasteiger partial charge < -0.3 is 9.84 Å². The predicted molar refractivity (Wildman–Crippen MR) is 64.6 cm³/mol. The normalized spacial score (nSPS) is 10.1. The number of aryl methyl sites for hydroxylation is 1. The number of benzene rings is 2. The van der Waals surface area contributed by atoms with Crippen molar-refractivity contribution < 1.29 is 19.0 Å². The number of carbonyl (C=O) groups is 1. The lowest BCUT2D eigenvalue weighted by molar-refractivity contribution is 0.0694. The molecule has 18 heavy (non-hydrogen) atoms. The minimum absolute atomic E-state index is 0.0827. The molecule has 3 nitrogen and oxygen atoms in total. The molecule has 0 aliphatic heterocycles. The number of hydrogen-bond donors (Lipinski definition) is 1. The number of aromatic carboxylic acids is 1. The molecule has 0 fully saturated rings. The van der Waals surface area contributed by atoms with E-state index < -0.39 is 5.97 Å². The van der Waals surface area contributed by atoms with Gasteiger partial charge in [0.15, 0.2) is 0 Å². The molecule has 2 rings (SSSR count). The first-order valence-corrected chi connectivity index (χ1v) is 5.33. The Bertz CT molecular complexity index is 576. The Kier molecular flexibility index (Phi) is 3.28. The van der Waals surface area contributed by atoms with Crippen LogP contribution in [0.1, 0.15) is 15.9 Å². The predicted octanol–water partition coefficient (Wildman–Crippen LogP) is 3.62. The van der Waals surface area contributed by atoms with Gasteiger partial charge in [-0.2, -0.15) is 0 Å². The molecule has 0 heterocycles. The highest BCUT2D eigenvalue weighted by Crippen LogP contribution is 2.26. The lowest BCUT2D eigenvalue weighted by Crippen LogP contribution is -2.00. The van der Waals surface area contributed by atoms with Crippen LogP contribution in [0.15, 0.2) is 42.5 Å². The highest BCUT2D eigenvalue weighted by Gasteiger charge is 2.12. The van der Waals surface area contributed by atoms with Crippen molar-refractivity contribution in [1.82, 2.24) is 0 Å². The molecule has 0 spiro atoms. The van der Waals surface area contributed by atoms with Crippen LogP contribution in [0, 0.1) is 12.7 Å². The van der Waals surface area contributed by atoms with E-state index in [0.717, 1.165) is 5.56 Å². The Morgan fingerprint density at radius 1 is 1.17 bits per heavy atom. The van der Waals surface area contributed by atoms with Gasteiger partial charge in [-0.3, -0.25) is 0 Å². The van der Waals surface area contributed by atoms with Crippen LogP contribution in [0.25, 0.3) is 0 Å². The van der Waals surface area contributed by atoms with Crippen LogP contribution in [0.2, 0.25) is 0 Å². The molecule has 4 heteroatoms. The van der Waals surface area contributed by atoms with Gasteiger partial charge in [0.1, 0.15) is 22.9 Å². The van der Waals surface area contributed by atoms with Gasteiger partial charge in [0.05, 0.1) is 0 Å². The number of carboxylic acids is 1. The van der Waals surface area contributed by atoms with E-state index in [1.807, 2.05) is 0 Å². The van der Waals surface area contributed by atoms with Gasteiger partial charge in [-0.1, -0.05) is 11.6 Å². The number of halogens is 1. The Balaban J connectivity index is 2.34. The van der Waals surface area contributed by atoms with E-state index in [0.29, 0.717) is 5.75 Å². The highest BCUT2D eigenvalue weighted by atomic mass is 19.1. The van der Waals surface area contributed by atoms with Gasteiger partial charge in [-0.05, 0) is 43.3 Å². The minimum Gasteiger partial charge on any atom is -0.478 e. The van der Waals surface area contributed by atoms with Crippen molar-refractivity contribution in [3.63, 3.8) is 0 Å². The molecule has 0 aliphatic carbocycles. The van der Waals surface area contributed by atoms with E-state index in [2.05, 4.69) is 0 Å². The first-order chi connectivity index (χ1) is 8.56. The molecule has 2 aromatic carbocycles. The maximum Gasteiger partial charge on any atom is 0.339 e. The average molecular weight is 246 g/mol. The molecule has 0 amide bonds. The third-order valence-electron chi connectivity index (χ3n) is 2.41. The van der Waals surface area contributed by atoms with Crippen molar-refractivity contribution in [2.24, 2.45) is 0 Å². The highest BCUT2D eigenvalue weighted by molar-refractivity contribution is 5.91. The van der Waals surface area contributed by atoms with E-state index in [1.54, 1.807) is 19.1 Å². The molecular formula is C14H11FO3. The van der Waals surface area contributed by atoms with Crippen molar-refractivity contribution in [3.8, 4) is 11.5 Å². The summed E-state index contributed by atoms with van der Waals surface area (Å²) in [5.74, 6) is -0.803. The fraction of sp³-hybridized carbons (Fsp3) is 0.0714. The molecule has 0 saturated carbocycles. The van der Waals surface area contributed by atoms with Gasteiger partial charge in [-0.25, -0.2) is 9.18 Å². The van der Waals surface area contributed by atoms with Crippen molar-refractivity contribution >= 4 is 5.97 Å². The van der Waals surface area contributed by atoms with E-state index in [1.165, 1.54) is 30.3 Å². The zero-order valence-corrected chi connectivity index (χ0v) is 9.68. The topological polar surface area (TPSA) is 46.5 Å². The standard InChI is InChI=1S/C14H11FO3/c1-9-2-7-13(12(8-9)14(16)17)18-11-5-3-10(15)4-6-11/h2-8H,1H3,(H,16,17). The Morgan fingerprint density at radius 2 is 1.83 bits per heavy atom. The van der Waals surface area contributed by atoms with Gasteiger partial charge >= 0.3 is 5.97 Å². The fourth-order valence-corrected chi connectivity index (χ4v) is 1.53. The molecule has 92 valence electrons. The second-order valence-corrected chi connectivity index (χ2v) is 3.86. The summed E-state index contributed by atoms with van der Waals surface area (Å²) >= 11 is 0. The molecule has 2 aromatic rings.